The quantitative estimate of drug-likeness (QED) is 0.617. The molecule has 1 saturated heterocycles. The van der Waals surface area contributed by atoms with Gasteiger partial charge in [-0.2, -0.15) is 0 Å². The van der Waals surface area contributed by atoms with Gasteiger partial charge in [-0.25, -0.2) is 4.98 Å². The Morgan fingerprint density at radius 2 is 2.09 bits per heavy atom. The van der Waals surface area contributed by atoms with Crippen LogP contribution in [0.4, 0.5) is 5.69 Å². The third-order valence-corrected chi connectivity index (χ3v) is 6.90. The average molecular weight is 453 g/mol. The van der Waals surface area contributed by atoms with Gasteiger partial charge in [0, 0.05) is 25.2 Å². The van der Waals surface area contributed by atoms with Crippen LogP contribution in [0.2, 0.25) is 0 Å². The number of aromatic nitrogens is 1. The summed E-state index contributed by atoms with van der Waals surface area (Å²) in [6.07, 6.45) is 0.678. The van der Waals surface area contributed by atoms with Crippen LogP contribution in [0, 0.1) is 0 Å². The number of nitrogens with one attached hydrogen (secondary N) is 2. The van der Waals surface area contributed by atoms with Crippen molar-refractivity contribution in [3.05, 3.63) is 52.5 Å². The van der Waals surface area contributed by atoms with Gasteiger partial charge >= 0.3 is 0 Å². The minimum absolute atomic E-state index is 0.106. The lowest BCUT2D eigenvalue weighted by Gasteiger charge is -2.29. The van der Waals surface area contributed by atoms with Crippen LogP contribution in [0.3, 0.4) is 0 Å². The summed E-state index contributed by atoms with van der Waals surface area (Å²) in [5.41, 5.74) is 3.42. The molecule has 0 spiro atoms. The molecule has 1 aromatic heterocycles. The fourth-order valence-corrected chi connectivity index (χ4v) is 5.24. The molecule has 166 valence electrons. The van der Waals surface area contributed by atoms with E-state index in [0.717, 1.165) is 29.0 Å². The van der Waals surface area contributed by atoms with Gasteiger partial charge in [0.25, 0.3) is 11.8 Å². The first-order chi connectivity index (χ1) is 15.6. The second-order valence-corrected chi connectivity index (χ2v) is 8.82. The molecule has 32 heavy (non-hydrogen) atoms. The maximum Gasteiger partial charge on any atom is 0.280 e. The molecule has 0 radical (unpaired) electrons. The normalized spacial score (nSPS) is 18.2. The van der Waals surface area contributed by atoms with E-state index < -0.39 is 0 Å². The standard InChI is InChI=1S/C23H24N4O4S/c1-30-18-7-6-17(27-8-10-31-11-9-27)20-19(18)26-23(32-20)22(29)24-13-15-12-14-4-2-3-5-16(14)21(28)25-15/h2-7,15H,8-13H2,1H3,(H,24,29)(H,25,28). The van der Waals surface area contributed by atoms with Crippen LogP contribution in [-0.4, -0.2) is 62.8 Å². The van der Waals surface area contributed by atoms with Gasteiger partial charge in [-0.15, -0.1) is 11.3 Å². The molecule has 2 amide bonds. The lowest BCUT2D eigenvalue weighted by Crippen LogP contribution is -2.48. The van der Waals surface area contributed by atoms with Gasteiger partial charge in [-0.05, 0) is 30.2 Å². The molecule has 2 aliphatic rings. The highest BCUT2D eigenvalue weighted by Crippen LogP contribution is 2.37. The van der Waals surface area contributed by atoms with E-state index in [4.69, 9.17) is 9.47 Å². The molecule has 0 saturated carbocycles. The van der Waals surface area contributed by atoms with Crippen LogP contribution in [0.1, 0.15) is 25.7 Å². The molecule has 0 aliphatic carbocycles. The maximum atomic E-state index is 12.9. The highest BCUT2D eigenvalue weighted by molar-refractivity contribution is 7.21. The molecule has 0 bridgehead atoms. The lowest BCUT2D eigenvalue weighted by molar-refractivity contribution is 0.0899. The predicted molar refractivity (Wildman–Crippen MR) is 123 cm³/mol. The number of amides is 2. The number of nitrogens with zero attached hydrogens (tertiary/aromatic N) is 2. The van der Waals surface area contributed by atoms with Crippen LogP contribution in [-0.2, 0) is 11.2 Å². The third kappa shape index (κ3) is 3.89. The zero-order valence-electron chi connectivity index (χ0n) is 17.7. The SMILES string of the molecule is COc1ccc(N2CCOCC2)c2sc(C(=O)NCC3Cc4ccccc4C(=O)N3)nc12. The number of ether oxygens (including phenoxy) is 2. The van der Waals surface area contributed by atoms with Crippen molar-refractivity contribution < 1.29 is 19.1 Å². The van der Waals surface area contributed by atoms with E-state index in [0.29, 0.717) is 48.0 Å². The third-order valence-electron chi connectivity index (χ3n) is 5.82. The zero-order chi connectivity index (χ0) is 22.1. The fraction of sp³-hybridized carbons (Fsp3) is 0.348. The van der Waals surface area contributed by atoms with Gasteiger partial charge in [0.15, 0.2) is 5.01 Å². The van der Waals surface area contributed by atoms with Crippen molar-refractivity contribution in [2.45, 2.75) is 12.5 Å². The summed E-state index contributed by atoms with van der Waals surface area (Å²) < 4.78 is 11.9. The van der Waals surface area contributed by atoms with Gasteiger partial charge in [0.2, 0.25) is 0 Å². The summed E-state index contributed by atoms with van der Waals surface area (Å²) in [7, 11) is 1.60. The van der Waals surface area contributed by atoms with Crippen LogP contribution in [0.25, 0.3) is 10.2 Å². The summed E-state index contributed by atoms with van der Waals surface area (Å²) in [4.78, 5) is 32.1. The van der Waals surface area contributed by atoms with Gasteiger partial charge < -0.3 is 25.0 Å². The highest BCUT2D eigenvalue weighted by atomic mass is 32.1. The first-order valence-corrected chi connectivity index (χ1v) is 11.4. The Labute approximate surface area is 189 Å². The van der Waals surface area contributed by atoms with Crippen molar-refractivity contribution in [2.24, 2.45) is 0 Å². The first-order valence-electron chi connectivity index (χ1n) is 10.6. The van der Waals surface area contributed by atoms with Gasteiger partial charge in [-0.3, -0.25) is 9.59 Å². The topological polar surface area (TPSA) is 92.8 Å². The minimum atomic E-state index is -0.255. The Balaban J connectivity index is 1.34. The van der Waals surface area contributed by atoms with E-state index in [1.807, 2.05) is 36.4 Å². The van der Waals surface area contributed by atoms with Crippen molar-refractivity contribution in [1.29, 1.82) is 0 Å². The minimum Gasteiger partial charge on any atom is -0.494 e. The van der Waals surface area contributed by atoms with Crippen LogP contribution >= 0.6 is 11.3 Å². The zero-order valence-corrected chi connectivity index (χ0v) is 18.5. The monoisotopic (exact) mass is 452 g/mol. The Morgan fingerprint density at radius 1 is 1.28 bits per heavy atom. The lowest BCUT2D eigenvalue weighted by atomic mass is 9.95. The second kappa shape index (κ2) is 8.76. The largest absolute Gasteiger partial charge is 0.494 e. The summed E-state index contributed by atoms with van der Waals surface area (Å²) >= 11 is 1.36. The van der Waals surface area contributed by atoms with Crippen LogP contribution in [0.15, 0.2) is 36.4 Å². The summed E-state index contributed by atoms with van der Waals surface area (Å²) in [6.45, 7) is 3.28. The van der Waals surface area contributed by atoms with Crippen molar-refractivity contribution in [1.82, 2.24) is 15.6 Å². The number of carbonyl (C=O) groups is 2. The van der Waals surface area contributed by atoms with Crippen molar-refractivity contribution in [3.63, 3.8) is 0 Å². The molecular weight excluding hydrogens is 428 g/mol. The second-order valence-electron chi connectivity index (χ2n) is 7.82. The smallest absolute Gasteiger partial charge is 0.280 e. The van der Waals surface area contributed by atoms with E-state index in [9.17, 15) is 9.59 Å². The Morgan fingerprint density at radius 3 is 2.91 bits per heavy atom. The summed E-state index contributed by atoms with van der Waals surface area (Å²) in [5.74, 6) is 0.281. The molecule has 9 heteroatoms. The number of carbonyl (C=O) groups excluding carboxylic acids is 2. The van der Waals surface area contributed by atoms with Crippen LogP contribution in [0.5, 0.6) is 5.75 Å². The molecular formula is C23H24N4O4S. The van der Waals surface area contributed by atoms with Gasteiger partial charge in [0.1, 0.15) is 11.3 Å². The number of rotatable bonds is 5. The molecule has 3 heterocycles. The predicted octanol–water partition coefficient (Wildman–Crippen LogP) is 2.23. The van der Waals surface area contributed by atoms with Crippen molar-refractivity contribution >= 4 is 39.1 Å². The number of anilines is 1. The first kappa shape index (κ1) is 20.7. The molecule has 1 fully saturated rings. The Bertz CT molecular complexity index is 1170. The van der Waals surface area contributed by atoms with E-state index >= 15 is 0 Å². The summed E-state index contributed by atoms with van der Waals surface area (Å²) in [6, 6.07) is 11.3. The number of hydrogen-bond donors (Lipinski definition) is 2. The van der Waals surface area contributed by atoms with E-state index in [1.54, 1.807) is 7.11 Å². The Hall–Kier alpha value is -3.17. The molecule has 8 nitrogen and oxygen atoms in total. The molecule has 2 N–H and O–H groups in total. The van der Waals surface area contributed by atoms with E-state index in [1.165, 1.54) is 11.3 Å². The van der Waals surface area contributed by atoms with E-state index in [-0.39, 0.29) is 17.9 Å². The van der Waals surface area contributed by atoms with Crippen LogP contribution < -0.4 is 20.3 Å². The molecule has 2 aliphatic heterocycles. The molecule has 3 aromatic rings. The number of methoxy groups -OCH3 is 1. The van der Waals surface area contributed by atoms with E-state index in [2.05, 4.69) is 20.5 Å². The molecule has 1 atom stereocenters. The summed E-state index contributed by atoms with van der Waals surface area (Å²) in [5, 5.41) is 6.28. The fourth-order valence-electron chi connectivity index (χ4n) is 4.20. The Kier molecular flexibility index (Phi) is 5.67. The maximum absolute atomic E-state index is 12.9. The van der Waals surface area contributed by atoms with Gasteiger partial charge in [0.05, 0.1) is 36.8 Å². The number of fused-ring (bicyclic) bond motifs is 2. The van der Waals surface area contributed by atoms with Crippen molar-refractivity contribution in [3.8, 4) is 5.75 Å². The number of benzene rings is 2. The van der Waals surface area contributed by atoms with Gasteiger partial charge in [-0.1, -0.05) is 18.2 Å². The number of thiazole rings is 1. The van der Waals surface area contributed by atoms with Crippen molar-refractivity contribution in [2.75, 3.05) is 44.9 Å². The molecule has 2 aromatic carbocycles. The highest BCUT2D eigenvalue weighted by Gasteiger charge is 2.25. The molecule has 1 unspecified atom stereocenters. The average Bonchev–Trinajstić information content (AvgIpc) is 3.28. The molecule has 5 rings (SSSR count). The number of morpholine rings is 1. The number of hydrogen-bond acceptors (Lipinski definition) is 7.